The molecule has 1 aromatic carbocycles. The fraction of sp³-hybridized carbons (Fsp3) is 0.625. The molecule has 2 nitrogen and oxygen atoms in total. The Hall–Kier alpha value is -0.930. The van der Waals surface area contributed by atoms with Gasteiger partial charge in [-0.05, 0) is 57.0 Å². The molecule has 2 rings (SSSR count). The molecule has 0 aliphatic carbocycles. The number of likely N-dealkylation sites (tertiary alicyclic amines) is 1. The molecule has 106 valence electrons. The van der Waals surface area contributed by atoms with Gasteiger partial charge in [0.25, 0.3) is 0 Å². The standard InChI is InChI=1S/C16H25FN2/c1-12-13(2)19(10-8-16(12)18-3)9-7-14-5-4-6-15(17)11-14/h4-6,11-13,16,18H,7-10H2,1-3H3. The summed E-state index contributed by atoms with van der Waals surface area (Å²) in [5.41, 5.74) is 1.09. The normalized spacial score (nSPS) is 28.5. The Kier molecular flexibility index (Phi) is 4.94. The summed E-state index contributed by atoms with van der Waals surface area (Å²) in [7, 11) is 2.05. The first kappa shape index (κ1) is 14.5. The summed E-state index contributed by atoms with van der Waals surface area (Å²) in [6, 6.07) is 8.17. The summed E-state index contributed by atoms with van der Waals surface area (Å²) >= 11 is 0. The lowest BCUT2D eigenvalue weighted by atomic mass is 9.87. The Morgan fingerprint density at radius 1 is 1.37 bits per heavy atom. The Bertz CT molecular complexity index is 407. The summed E-state index contributed by atoms with van der Waals surface area (Å²) in [4.78, 5) is 2.53. The average Bonchev–Trinajstić information content (AvgIpc) is 2.41. The molecule has 1 saturated heterocycles. The molecule has 3 unspecified atom stereocenters. The smallest absolute Gasteiger partial charge is 0.123 e. The minimum Gasteiger partial charge on any atom is -0.317 e. The summed E-state index contributed by atoms with van der Waals surface area (Å²) in [5, 5.41) is 3.41. The first-order valence-electron chi connectivity index (χ1n) is 7.27. The summed E-state index contributed by atoms with van der Waals surface area (Å²) in [6.45, 7) is 6.78. The minimum absolute atomic E-state index is 0.132. The third-order valence-electron chi connectivity index (χ3n) is 4.65. The fourth-order valence-electron chi connectivity index (χ4n) is 3.13. The Labute approximate surface area is 116 Å². The van der Waals surface area contributed by atoms with E-state index in [2.05, 4.69) is 31.1 Å². The van der Waals surface area contributed by atoms with Crippen LogP contribution in [0.15, 0.2) is 24.3 Å². The monoisotopic (exact) mass is 264 g/mol. The van der Waals surface area contributed by atoms with Gasteiger partial charge in [0.2, 0.25) is 0 Å². The maximum absolute atomic E-state index is 13.1. The maximum atomic E-state index is 13.1. The van der Waals surface area contributed by atoms with Gasteiger partial charge in [-0.15, -0.1) is 0 Å². The maximum Gasteiger partial charge on any atom is 0.123 e. The molecule has 1 heterocycles. The molecule has 1 aliphatic heterocycles. The van der Waals surface area contributed by atoms with Crippen LogP contribution in [0.4, 0.5) is 4.39 Å². The van der Waals surface area contributed by atoms with Crippen LogP contribution in [0.2, 0.25) is 0 Å². The molecule has 0 aromatic heterocycles. The highest BCUT2D eigenvalue weighted by Crippen LogP contribution is 2.23. The topological polar surface area (TPSA) is 15.3 Å². The van der Waals surface area contributed by atoms with Crippen molar-refractivity contribution in [3.05, 3.63) is 35.6 Å². The van der Waals surface area contributed by atoms with E-state index in [-0.39, 0.29) is 5.82 Å². The molecule has 1 fully saturated rings. The lowest BCUT2D eigenvalue weighted by Crippen LogP contribution is -2.53. The number of nitrogens with one attached hydrogen (secondary N) is 1. The van der Waals surface area contributed by atoms with Gasteiger partial charge in [-0.25, -0.2) is 4.39 Å². The molecule has 0 spiro atoms. The van der Waals surface area contributed by atoms with Crippen LogP contribution in [-0.4, -0.2) is 37.1 Å². The van der Waals surface area contributed by atoms with Gasteiger partial charge in [-0.2, -0.15) is 0 Å². The van der Waals surface area contributed by atoms with Crippen LogP contribution in [0, 0.1) is 11.7 Å². The van der Waals surface area contributed by atoms with Crippen LogP contribution >= 0.6 is 0 Å². The van der Waals surface area contributed by atoms with Crippen LogP contribution < -0.4 is 5.32 Å². The van der Waals surface area contributed by atoms with Gasteiger partial charge >= 0.3 is 0 Å². The van der Waals surface area contributed by atoms with Gasteiger partial charge in [0.05, 0.1) is 0 Å². The zero-order valence-electron chi connectivity index (χ0n) is 12.2. The van der Waals surface area contributed by atoms with Crippen molar-refractivity contribution < 1.29 is 4.39 Å². The number of hydrogen-bond acceptors (Lipinski definition) is 2. The molecule has 19 heavy (non-hydrogen) atoms. The lowest BCUT2D eigenvalue weighted by molar-refractivity contribution is 0.0889. The Morgan fingerprint density at radius 2 is 2.16 bits per heavy atom. The van der Waals surface area contributed by atoms with E-state index < -0.39 is 0 Å². The van der Waals surface area contributed by atoms with Gasteiger partial charge in [0.1, 0.15) is 5.82 Å². The number of piperidine rings is 1. The van der Waals surface area contributed by atoms with Gasteiger partial charge in [-0.1, -0.05) is 19.1 Å². The SMILES string of the molecule is CNC1CCN(CCc2cccc(F)c2)C(C)C1C. The largest absolute Gasteiger partial charge is 0.317 e. The first-order valence-corrected chi connectivity index (χ1v) is 7.27. The van der Waals surface area contributed by atoms with Crippen molar-refractivity contribution in [2.45, 2.75) is 38.8 Å². The van der Waals surface area contributed by atoms with E-state index in [4.69, 9.17) is 0 Å². The molecule has 1 N–H and O–H groups in total. The van der Waals surface area contributed by atoms with E-state index in [0.29, 0.717) is 18.0 Å². The second kappa shape index (κ2) is 6.49. The zero-order valence-corrected chi connectivity index (χ0v) is 12.2. The predicted molar refractivity (Wildman–Crippen MR) is 77.8 cm³/mol. The van der Waals surface area contributed by atoms with E-state index >= 15 is 0 Å². The minimum atomic E-state index is -0.132. The van der Waals surface area contributed by atoms with E-state index in [9.17, 15) is 4.39 Å². The van der Waals surface area contributed by atoms with E-state index in [1.54, 1.807) is 12.1 Å². The molecule has 3 heteroatoms. The second-order valence-corrected chi connectivity index (χ2v) is 5.70. The highest BCUT2D eigenvalue weighted by atomic mass is 19.1. The van der Waals surface area contributed by atoms with Crippen molar-refractivity contribution in [1.29, 1.82) is 0 Å². The van der Waals surface area contributed by atoms with Crippen LogP contribution in [0.5, 0.6) is 0 Å². The Morgan fingerprint density at radius 3 is 2.84 bits per heavy atom. The molecular weight excluding hydrogens is 239 g/mol. The second-order valence-electron chi connectivity index (χ2n) is 5.70. The number of benzene rings is 1. The van der Waals surface area contributed by atoms with E-state index in [1.807, 2.05) is 6.07 Å². The van der Waals surface area contributed by atoms with Crippen LogP contribution in [0.3, 0.4) is 0 Å². The molecule has 0 saturated carbocycles. The Balaban J connectivity index is 1.90. The van der Waals surface area contributed by atoms with Crippen LogP contribution in [0.1, 0.15) is 25.8 Å². The molecule has 0 amide bonds. The summed E-state index contributed by atoms with van der Waals surface area (Å²) in [5.74, 6) is 0.527. The number of hydrogen-bond donors (Lipinski definition) is 1. The zero-order chi connectivity index (χ0) is 13.8. The average molecular weight is 264 g/mol. The molecule has 0 radical (unpaired) electrons. The molecular formula is C16H25FN2. The number of nitrogens with zero attached hydrogens (tertiary/aromatic N) is 1. The van der Waals surface area contributed by atoms with E-state index in [0.717, 1.165) is 25.1 Å². The highest BCUT2D eigenvalue weighted by molar-refractivity contribution is 5.16. The number of rotatable bonds is 4. The third-order valence-corrected chi connectivity index (χ3v) is 4.65. The van der Waals surface area contributed by atoms with Gasteiger partial charge in [0, 0.05) is 18.6 Å². The van der Waals surface area contributed by atoms with Gasteiger partial charge in [-0.3, -0.25) is 4.90 Å². The molecule has 3 atom stereocenters. The summed E-state index contributed by atoms with van der Waals surface area (Å²) in [6.07, 6.45) is 2.13. The van der Waals surface area contributed by atoms with Crippen LogP contribution in [0.25, 0.3) is 0 Å². The van der Waals surface area contributed by atoms with Crippen molar-refractivity contribution in [3.63, 3.8) is 0 Å². The highest BCUT2D eigenvalue weighted by Gasteiger charge is 2.30. The van der Waals surface area contributed by atoms with Crippen molar-refractivity contribution >= 4 is 0 Å². The van der Waals surface area contributed by atoms with E-state index in [1.165, 1.54) is 12.5 Å². The van der Waals surface area contributed by atoms with Crippen molar-refractivity contribution in [1.82, 2.24) is 10.2 Å². The van der Waals surface area contributed by atoms with Crippen molar-refractivity contribution in [2.24, 2.45) is 5.92 Å². The molecule has 0 bridgehead atoms. The quantitative estimate of drug-likeness (QED) is 0.899. The third kappa shape index (κ3) is 3.54. The van der Waals surface area contributed by atoms with Crippen molar-refractivity contribution in [2.75, 3.05) is 20.1 Å². The van der Waals surface area contributed by atoms with Crippen molar-refractivity contribution in [3.8, 4) is 0 Å². The van der Waals surface area contributed by atoms with Gasteiger partial charge < -0.3 is 5.32 Å². The lowest BCUT2D eigenvalue weighted by Gasteiger charge is -2.42. The van der Waals surface area contributed by atoms with Crippen LogP contribution in [-0.2, 0) is 6.42 Å². The fourth-order valence-corrected chi connectivity index (χ4v) is 3.13. The molecule has 1 aliphatic rings. The molecule has 1 aromatic rings. The number of halogens is 1. The predicted octanol–water partition coefficient (Wildman–Crippen LogP) is 2.69. The first-order chi connectivity index (χ1) is 9.11. The summed E-state index contributed by atoms with van der Waals surface area (Å²) < 4.78 is 13.1. The van der Waals surface area contributed by atoms with Gasteiger partial charge in [0.15, 0.2) is 0 Å².